The summed E-state index contributed by atoms with van der Waals surface area (Å²) in [6.45, 7) is 0. The predicted octanol–water partition coefficient (Wildman–Crippen LogP) is 5.39. The first-order valence-corrected chi connectivity index (χ1v) is 9.22. The van der Waals surface area contributed by atoms with E-state index in [0.29, 0.717) is 38.6 Å². The van der Waals surface area contributed by atoms with Gasteiger partial charge in [-0.25, -0.2) is 0 Å². The minimum absolute atomic E-state index is 0.407. The van der Waals surface area contributed by atoms with Gasteiger partial charge in [0, 0.05) is 21.2 Å². The van der Waals surface area contributed by atoms with Gasteiger partial charge in [-0.15, -0.1) is 10.2 Å². The molecule has 130 valence electrons. The quantitative estimate of drug-likeness (QED) is 0.412. The molecule has 0 spiro atoms. The zero-order valence-electron chi connectivity index (χ0n) is 13.1. The third-order valence-corrected chi connectivity index (χ3v) is 4.66. The molecule has 0 bridgehead atoms. The number of halogens is 2. The van der Waals surface area contributed by atoms with Gasteiger partial charge in [0.1, 0.15) is 0 Å². The van der Waals surface area contributed by atoms with E-state index in [-0.39, 0.29) is 0 Å². The Hall–Kier alpha value is -2.35. The third-order valence-electron chi connectivity index (χ3n) is 3.36. The van der Waals surface area contributed by atoms with E-state index in [1.807, 2.05) is 24.3 Å². The third kappa shape index (κ3) is 3.90. The van der Waals surface area contributed by atoms with Crippen molar-refractivity contribution >= 4 is 35.0 Å². The second-order valence-corrected chi connectivity index (χ2v) is 6.99. The van der Waals surface area contributed by atoms with Gasteiger partial charge in [0.2, 0.25) is 5.89 Å². The van der Waals surface area contributed by atoms with Crippen LogP contribution in [0, 0.1) is 0 Å². The van der Waals surface area contributed by atoms with Crippen molar-refractivity contribution in [3.05, 3.63) is 64.4 Å². The second kappa shape index (κ2) is 7.49. The van der Waals surface area contributed by atoms with Crippen LogP contribution in [-0.4, -0.2) is 20.3 Å². The number of hydrogen-bond acceptors (Lipinski definition) is 7. The molecule has 4 rings (SSSR count). The van der Waals surface area contributed by atoms with Gasteiger partial charge in [0.05, 0.1) is 5.75 Å². The highest BCUT2D eigenvalue weighted by atomic mass is 35.5. The first-order valence-electron chi connectivity index (χ1n) is 7.48. The van der Waals surface area contributed by atoms with Crippen LogP contribution in [0.4, 0.5) is 0 Å². The summed E-state index contributed by atoms with van der Waals surface area (Å²) in [5, 5.41) is 13.7. The SMILES string of the molecule is Clc1ccc(-c2nc(CSc3nnc(-c4cccc(Cl)c4)o3)no2)cc1. The van der Waals surface area contributed by atoms with Gasteiger partial charge < -0.3 is 8.94 Å². The fourth-order valence-electron chi connectivity index (χ4n) is 2.15. The summed E-state index contributed by atoms with van der Waals surface area (Å²) in [5.41, 5.74) is 1.57. The molecule has 0 aliphatic carbocycles. The Kier molecular flexibility index (Phi) is 4.92. The molecule has 0 atom stereocenters. The lowest BCUT2D eigenvalue weighted by molar-refractivity contribution is 0.425. The molecule has 2 heterocycles. The van der Waals surface area contributed by atoms with Gasteiger partial charge in [0.25, 0.3) is 11.1 Å². The Morgan fingerprint density at radius 2 is 1.73 bits per heavy atom. The maximum absolute atomic E-state index is 5.97. The molecule has 26 heavy (non-hydrogen) atoms. The Labute approximate surface area is 162 Å². The number of nitrogens with zero attached hydrogens (tertiary/aromatic N) is 4. The van der Waals surface area contributed by atoms with Crippen LogP contribution in [0.3, 0.4) is 0 Å². The van der Waals surface area contributed by atoms with Crippen molar-refractivity contribution in [2.24, 2.45) is 0 Å². The van der Waals surface area contributed by atoms with Crippen LogP contribution in [0.1, 0.15) is 5.82 Å². The number of rotatable bonds is 5. The van der Waals surface area contributed by atoms with Crippen molar-refractivity contribution in [1.82, 2.24) is 20.3 Å². The molecule has 2 aromatic heterocycles. The fraction of sp³-hybridized carbons (Fsp3) is 0.0588. The average Bonchev–Trinajstić information content (AvgIpc) is 3.30. The number of hydrogen-bond donors (Lipinski definition) is 0. The molecule has 2 aromatic carbocycles. The van der Waals surface area contributed by atoms with Crippen molar-refractivity contribution in [2.75, 3.05) is 0 Å². The molecular weight excluding hydrogens is 395 g/mol. The van der Waals surface area contributed by atoms with Crippen molar-refractivity contribution in [2.45, 2.75) is 11.0 Å². The highest BCUT2D eigenvalue weighted by Crippen LogP contribution is 2.27. The molecule has 6 nitrogen and oxygen atoms in total. The molecule has 0 aliphatic heterocycles. The number of thioether (sulfide) groups is 1. The Morgan fingerprint density at radius 1 is 0.885 bits per heavy atom. The lowest BCUT2D eigenvalue weighted by Crippen LogP contribution is -1.84. The van der Waals surface area contributed by atoms with Gasteiger partial charge in [-0.3, -0.25) is 0 Å². The van der Waals surface area contributed by atoms with E-state index in [1.165, 1.54) is 11.8 Å². The highest BCUT2D eigenvalue weighted by Gasteiger charge is 2.13. The summed E-state index contributed by atoms with van der Waals surface area (Å²) >= 11 is 13.2. The van der Waals surface area contributed by atoms with Crippen molar-refractivity contribution in [3.8, 4) is 22.9 Å². The monoisotopic (exact) mass is 404 g/mol. The Morgan fingerprint density at radius 3 is 2.54 bits per heavy atom. The maximum Gasteiger partial charge on any atom is 0.277 e. The van der Waals surface area contributed by atoms with Crippen LogP contribution in [0.2, 0.25) is 10.0 Å². The number of benzene rings is 2. The Balaban J connectivity index is 1.43. The topological polar surface area (TPSA) is 77.8 Å². The minimum atomic E-state index is 0.407. The zero-order valence-corrected chi connectivity index (χ0v) is 15.4. The first-order chi connectivity index (χ1) is 12.7. The van der Waals surface area contributed by atoms with E-state index in [2.05, 4.69) is 20.3 Å². The van der Waals surface area contributed by atoms with Crippen molar-refractivity contribution in [3.63, 3.8) is 0 Å². The summed E-state index contributed by atoms with van der Waals surface area (Å²) in [4.78, 5) is 4.35. The summed E-state index contributed by atoms with van der Waals surface area (Å²) in [6.07, 6.45) is 0. The summed E-state index contributed by atoms with van der Waals surface area (Å²) in [7, 11) is 0. The molecule has 0 amide bonds. The zero-order chi connectivity index (χ0) is 17.9. The van der Waals surface area contributed by atoms with Crippen LogP contribution in [0.25, 0.3) is 22.9 Å². The molecule has 0 aliphatic rings. The van der Waals surface area contributed by atoms with Gasteiger partial charge in [-0.2, -0.15) is 4.98 Å². The average molecular weight is 405 g/mol. The van der Waals surface area contributed by atoms with E-state index in [4.69, 9.17) is 32.1 Å². The van der Waals surface area contributed by atoms with Crippen molar-refractivity contribution < 1.29 is 8.94 Å². The van der Waals surface area contributed by atoms with Crippen LogP contribution < -0.4 is 0 Å². The summed E-state index contributed by atoms with van der Waals surface area (Å²) < 4.78 is 10.9. The molecule has 4 aromatic rings. The fourth-order valence-corrected chi connectivity index (χ4v) is 3.08. The van der Waals surface area contributed by atoms with E-state index in [9.17, 15) is 0 Å². The van der Waals surface area contributed by atoms with Gasteiger partial charge in [0.15, 0.2) is 5.82 Å². The maximum atomic E-state index is 5.97. The Bertz CT molecular complexity index is 1030. The molecule has 0 saturated heterocycles. The molecular formula is C17H10Cl2N4O2S. The molecule has 0 unspecified atom stereocenters. The van der Waals surface area contributed by atoms with E-state index in [1.54, 1.807) is 24.3 Å². The van der Waals surface area contributed by atoms with Crippen LogP contribution in [0.5, 0.6) is 0 Å². The lowest BCUT2D eigenvalue weighted by Gasteiger charge is -1.94. The minimum Gasteiger partial charge on any atom is -0.411 e. The molecule has 0 N–H and O–H groups in total. The van der Waals surface area contributed by atoms with E-state index >= 15 is 0 Å². The first kappa shape index (κ1) is 17.1. The molecule has 9 heteroatoms. The smallest absolute Gasteiger partial charge is 0.277 e. The standard InChI is InChI=1S/C17H10Cl2N4O2S/c18-12-6-4-10(5-7-12)15-20-14(23-25-15)9-26-17-22-21-16(24-17)11-2-1-3-13(19)8-11/h1-8H,9H2. The van der Waals surface area contributed by atoms with Crippen molar-refractivity contribution in [1.29, 1.82) is 0 Å². The lowest BCUT2D eigenvalue weighted by atomic mass is 10.2. The predicted molar refractivity (Wildman–Crippen MR) is 99.0 cm³/mol. The van der Waals surface area contributed by atoms with Gasteiger partial charge in [-0.05, 0) is 42.5 Å². The normalized spacial score (nSPS) is 11.0. The highest BCUT2D eigenvalue weighted by molar-refractivity contribution is 7.98. The number of aromatic nitrogens is 4. The van der Waals surface area contributed by atoms with E-state index in [0.717, 1.165) is 11.1 Å². The molecule has 0 fully saturated rings. The van der Waals surface area contributed by atoms with Crippen LogP contribution in [0.15, 0.2) is 62.7 Å². The molecule has 0 radical (unpaired) electrons. The van der Waals surface area contributed by atoms with E-state index < -0.39 is 0 Å². The van der Waals surface area contributed by atoms with Crippen LogP contribution >= 0.6 is 35.0 Å². The molecule has 0 saturated carbocycles. The second-order valence-electron chi connectivity index (χ2n) is 5.19. The van der Waals surface area contributed by atoms with Gasteiger partial charge in [-0.1, -0.05) is 46.2 Å². The van der Waals surface area contributed by atoms with Crippen LogP contribution in [-0.2, 0) is 5.75 Å². The largest absolute Gasteiger partial charge is 0.411 e. The summed E-state index contributed by atoms with van der Waals surface area (Å²) in [5.74, 6) is 1.81. The van der Waals surface area contributed by atoms with Gasteiger partial charge >= 0.3 is 0 Å². The summed E-state index contributed by atoms with van der Waals surface area (Å²) in [6, 6.07) is 14.4.